The molecule has 1 fully saturated rings. The number of nitrogens with zero attached hydrogens (tertiary/aromatic N) is 6. The van der Waals surface area contributed by atoms with Crippen LogP contribution in [-0.4, -0.2) is 107 Å². The number of aromatic nitrogens is 4. The van der Waals surface area contributed by atoms with Crippen molar-refractivity contribution in [2.24, 2.45) is 7.05 Å². The van der Waals surface area contributed by atoms with Gasteiger partial charge in [0, 0.05) is 45.0 Å². The van der Waals surface area contributed by atoms with E-state index < -0.39 is 36.4 Å². The first-order chi connectivity index (χ1) is 22.9. The van der Waals surface area contributed by atoms with Gasteiger partial charge in [0.1, 0.15) is 17.3 Å². The van der Waals surface area contributed by atoms with Crippen molar-refractivity contribution in [1.29, 1.82) is 0 Å². The van der Waals surface area contributed by atoms with Crippen molar-refractivity contribution >= 4 is 17.9 Å². The van der Waals surface area contributed by atoms with Crippen LogP contribution in [0.3, 0.4) is 0 Å². The minimum Gasteiger partial charge on any atom is -0.475 e. The Morgan fingerprint density at radius 2 is 1.34 bits per heavy atom. The van der Waals surface area contributed by atoms with E-state index in [4.69, 9.17) is 39.1 Å². The van der Waals surface area contributed by atoms with Gasteiger partial charge in [-0.05, 0) is 38.4 Å². The number of carboxylic acid groups (broad SMARTS) is 3. The number of alkyl halides is 9. The van der Waals surface area contributed by atoms with Crippen molar-refractivity contribution in [2.45, 2.75) is 63.8 Å². The summed E-state index contributed by atoms with van der Waals surface area (Å²) in [6, 6.07) is 4.16. The number of likely N-dealkylation sites (N-methyl/N-ethyl adjacent to an activating group) is 1. The first-order valence-electron chi connectivity index (χ1n) is 14.4. The molecule has 280 valence electrons. The maximum atomic E-state index is 10.6. The Hall–Kier alpha value is -4.60. The van der Waals surface area contributed by atoms with Crippen LogP contribution in [0.25, 0.3) is 11.3 Å². The number of furan rings is 1. The zero-order valence-corrected chi connectivity index (χ0v) is 26.6. The van der Waals surface area contributed by atoms with Crippen LogP contribution in [0.5, 0.6) is 0 Å². The van der Waals surface area contributed by atoms with Crippen LogP contribution in [0.1, 0.15) is 37.1 Å². The molecule has 22 heteroatoms. The summed E-state index contributed by atoms with van der Waals surface area (Å²) in [7, 11) is 1.97. The third-order valence-corrected chi connectivity index (χ3v) is 7.44. The fourth-order valence-corrected chi connectivity index (χ4v) is 5.21. The minimum absolute atomic E-state index is 0.0308. The summed E-state index contributed by atoms with van der Waals surface area (Å²) in [5.74, 6) is -4.98. The lowest BCUT2D eigenvalue weighted by atomic mass is 9.83. The highest BCUT2D eigenvalue weighted by Crippen LogP contribution is 2.42. The Bertz CT molecular complexity index is 1530. The van der Waals surface area contributed by atoms with E-state index in [0.29, 0.717) is 0 Å². The summed E-state index contributed by atoms with van der Waals surface area (Å²) < 4.78 is 105. The highest BCUT2D eigenvalue weighted by atomic mass is 19.4. The number of hydrogen-bond acceptors (Lipinski definition) is 8. The number of aliphatic carboxylic acids is 3. The summed E-state index contributed by atoms with van der Waals surface area (Å²) in [6.45, 7) is 10.4. The van der Waals surface area contributed by atoms with Crippen LogP contribution < -0.4 is 0 Å². The molecule has 1 saturated heterocycles. The van der Waals surface area contributed by atoms with E-state index in [-0.39, 0.29) is 5.54 Å². The van der Waals surface area contributed by atoms with Gasteiger partial charge in [0.25, 0.3) is 0 Å². The number of rotatable bonds is 4. The number of imidazole rings is 1. The Morgan fingerprint density at radius 3 is 1.72 bits per heavy atom. The molecule has 0 atom stereocenters. The molecule has 0 aliphatic carbocycles. The first-order valence-corrected chi connectivity index (χ1v) is 14.4. The lowest BCUT2D eigenvalue weighted by molar-refractivity contribution is -0.193. The molecular formula is C28H33F9N6O7. The zero-order valence-electron chi connectivity index (χ0n) is 26.6. The topological polar surface area (TPSA) is 167 Å². The van der Waals surface area contributed by atoms with Crippen LogP contribution in [0, 0.1) is 6.92 Å². The maximum Gasteiger partial charge on any atom is 0.490 e. The average Bonchev–Trinajstić information content (AvgIpc) is 3.74. The molecule has 3 aromatic heterocycles. The molecule has 0 bridgehead atoms. The van der Waals surface area contributed by atoms with Crippen molar-refractivity contribution in [2.75, 3.05) is 26.2 Å². The second-order valence-electron chi connectivity index (χ2n) is 10.8. The van der Waals surface area contributed by atoms with Crippen LogP contribution >= 0.6 is 0 Å². The highest BCUT2D eigenvalue weighted by Gasteiger charge is 2.47. The minimum atomic E-state index is -5.08. The van der Waals surface area contributed by atoms with Crippen molar-refractivity contribution in [1.82, 2.24) is 29.1 Å². The van der Waals surface area contributed by atoms with E-state index in [2.05, 4.69) is 44.7 Å². The van der Waals surface area contributed by atoms with Crippen LogP contribution in [-0.2, 0) is 40.1 Å². The smallest absolute Gasteiger partial charge is 0.475 e. The van der Waals surface area contributed by atoms with Gasteiger partial charge in [-0.1, -0.05) is 6.92 Å². The van der Waals surface area contributed by atoms with Crippen molar-refractivity contribution in [3.8, 4) is 11.3 Å². The van der Waals surface area contributed by atoms with Crippen molar-refractivity contribution in [3.63, 3.8) is 0 Å². The Balaban J connectivity index is 0.000000338. The molecule has 0 radical (unpaired) electrons. The summed E-state index contributed by atoms with van der Waals surface area (Å²) in [4.78, 5) is 36.8. The van der Waals surface area contributed by atoms with Gasteiger partial charge >= 0.3 is 36.4 Å². The van der Waals surface area contributed by atoms with E-state index >= 15 is 0 Å². The fourth-order valence-electron chi connectivity index (χ4n) is 5.21. The Labute approximate surface area is 277 Å². The first kappa shape index (κ1) is 41.6. The molecule has 3 aromatic rings. The predicted octanol–water partition coefficient (Wildman–Crippen LogP) is 4.91. The molecule has 50 heavy (non-hydrogen) atoms. The van der Waals surface area contributed by atoms with Crippen LogP contribution in [0.15, 0.2) is 35.1 Å². The molecule has 2 aliphatic rings. The summed E-state index contributed by atoms with van der Waals surface area (Å²) >= 11 is 0. The lowest BCUT2D eigenvalue weighted by Crippen LogP contribution is -2.57. The summed E-state index contributed by atoms with van der Waals surface area (Å²) in [5, 5.41) is 25.7. The largest absolute Gasteiger partial charge is 0.490 e. The van der Waals surface area contributed by atoms with Crippen molar-refractivity contribution in [3.05, 3.63) is 48.1 Å². The Morgan fingerprint density at radius 1 is 0.840 bits per heavy atom. The number of likely N-dealkylation sites (tertiary alicyclic amines) is 1. The average molecular weight is 737 g/mol. The fraction of sp³-hybridized carbons (Fsp3) is 0.536. The molecule has 13 nitrogen and oxygen atoms in total. The van der Waals surface area contributed by atoms with Gasteiger partial charge < -0.3 is 24.3 Å². The van der Waals surface area contributed by atoms with E-state index in [0.717, 1.165) is 69.2 Å². The quantitative estimate of drug-likeness (QED) is 0.312. The number of carboxylic acids is 3. The number of hydrogen-bond donors (Lipinski definition) is 3. The van der Waals surface area contributed by atoms with Crippen LogP contribution in [0.2, 0.25) is 0 Å². The van der Waals surface area contributed by atoms with Crippen LogP contribution in [0.4, 0.5) is 39.5 Å². The molecule has 0 aromatic carbocycles. The number of carbonyl (C=O) groups is 3. The molecule has 0 unspecified atom stereocenters. The van der Waals surface area contributed by atoms with Crippen molar-refractivity contribution < 1.29 is 73.6 Å². The standard InChI is InChI=1S/C22H30N6O.3C2HF3O2/c1-4-27-11-12-28-20(18-13-24-25(3)15-18)14-23-21(28)22(27)7-9-26(10-8-22)16-19-6-5-17(2)29-19;3*3-2(4,5)1(6)7/h5-6,13-15H,4,7-12,16H2,1-3H3;3*(H,6,7). The number of halogens is 9. The third-order valence-electron chi connectivity index (χ3n) is 7.44. The number of piperidine rings is 1. The predicted molar refractivity (Wildman–Crippen MR) is 152 cm³/mol. The molecular weight excluding hydrogens is 703 g/mol. The zero-order chi connectivity index (χ0) is 38.2. The summed E-state index contributed by atoms with van der Waals surface area (Å²) in [6.07, 6.45) is -6.98. The number of fused-ring (bicyclic) bond motifs is 2. The third kappa shape index (κ3) is 11.2. The second-order valence-corrected chi connectivity index (χ2v) is 10.8. The molecule has 3 N–H and O–H groups in total. The van der Waals surface area contributed by atoms with Gasteiger partial charge in [0.05, 0.1) is 30.2 Å². The highest BCUT2D eigenvalue weighted by molar-refractivity contribution is 5.73. The molecule has 0 amide bonds. The number of aryl methyl sites for hydroxylation is 2. The molecule has 5 heterocycles. The molecule has 0 saturated carbocycles. The van der Waals surface area contributed by atoms with E-state index in [1.165, 1.54) is 11.5 Å². The molecule has 2 aliphatic heterocycles. The maximum absolute atomic E-state index is 10.6. The van der Waals surface area contributed by atoms with E-state index in [1.807, 2.05) is 31.0 Å². The van der Waals surface area contributed by atoms with E-state index in [9.17, 15) is 39.5 Å². The Kier molecular flexibility index (Phi) is 13.6. The molecule has 5 rings (SSSR count). The second kappa shape index (κ2) is 16.4. The normalized spacial score (nSPS) is 16.2. The van der Waals surface area contributed by atoms with Gasteiger partial charge in [-0.2, -0.15) is 44.6 Å². The molecule has 1 spiro atoms. The SMILES string of the molecule is CCN1CCn2c(-c3cnn(C)c3)cnc2C12CCN(Cc1ccc(C)o1)CC2.O=C(O)C(F)(F)F.O=C(O)C(F)(F)F.O=C(O)C(F)(F)F. The monoisotopic (exact) mass is 736 g/mol. The van der Waals surface area contributed by atoms with E-state index in [1.54, 1.807) is 0 Å². The van der Waals surface area contributed by atoms with Gasteiger partial charge in [-0.3, -0.25) is 14.5 Å². The van der Waals surface area contributed by atoms with Gasteiger partial charge in [0.15, 0.2) is 0 Å². The van der Waals surface area contributed by atoms with Gasteiger partial charge in [-0.15, -0.1) is 0 Å². The van der Waals surface area contributed by atoms with Gasteiger partial charge in [-0.25, -0.2) is 19.4 Å². The lowest BCUT2D eigenvalue weighted by Gasteiger charge is -2.50. The summed E-state index contributed by atoms with van der Waals surface area (Å²) in [5.41, 5.74) is 2.37. The van der Waals surface area contributed by atoms with Gasteiger partial charge in [0.2, 0.25) is 0 Å².